The molecule has 0 spiro atoms. The van der Waals surface area contributed by atoms with E-state index in [1.807, 2.05) is 0 Å². The molecule has 2 aromatic heterocycles. The smallest absolute Gasteiger partial charge is 0.305 e. The summed E-state index contributed by atoms with van der Waals surface area (Å²) in [6, 6.07) is -1.05. The number of halogens is 3. The first-order chi connectivity index (χ1) is 13.7. The largest absolute Gasteiger partial charge is 0.354 e. The first kappa shape index (κ1) is 19.8. The normalized spacial score (nSPS) is 19.7. The van der Waals surface area contributed by atoms with Crippen LogP contribution in [0, 0.1) is 5.82 Å². The first-order valence-corrected chi connectivity index (χ1v) is 10.7. The molecular formula is C17H19F3N6O2S. The van der Waals surface area contributed by atoms with Gasteiger partial charge >= 0.3 is 12.6 Å². The minimum Gasteiger partial charge on any atom is -0.305 e. The number of aromatic nitrogens is 3. The van der Waals surface area contributed by atoms with Crippen LogP contribution in [0.2, 0.25) is 0 Å². The van der Waals surface area contributed by atoms with Crippen LogP contribution in [0.15, 0.2) is 15.6 Å². The highest BCUT2D eigenvalue weighted by atomic mass is 32.2. The molecule has 1 unspecified atom stereocenters. The second-order valence-electron chi connectivity index (χ2n) is 7.20. The molecule has 0 radical (unpaired) electrons. The number of anilines is 1. The molecule has 0 saturated carbocycles. The Morgan fingerprint density at radius 2 is 2.14 bits per heavy atom. The van der Waals surface area contributed by atoms with Crippen LogP contribution in [0.3, 0.4) is 0 Å². The molecule has 2 amide bonds. The predicted octanol–water partition coefficient (Wildman–Crippen LogP) is 3.28. The van der Waals surface area contributed by atoms with Crippen LogP contribution < -0.4 is 10.5 Å². The van der Waals surface area contributed by atoms with Crippen molar-refractivity contribution >= 4 is 21.6 Å². The molecule has 3 N–H and O–H groups in total. The van der Waals surface area contributed by atoms with E-state index in [2.05, 4.69) is 21.7 Å². The summed E-state index contributed by atoms with van der Waals surface area (Å²) < 4.78 is 55.1. The molecule has 8 nitrogen and oxygen atoms in total. The Balaban J connectivity index is 1.69. The number of carbonyl (C=O) groups excluding carboxylic acids is 1. The summed E-state index contributed by atoms with van der Waals surface area (Å²) in [7, 11) is -4.15. The van der Waals surface area contributed by atoms with Crippen LogP contribution in [0.25, 0.3) is 0 Å². The number of nitrogens with zero attached hydrogens (tertiary/aromatic N) is 4. The van der Waals surface area contributed by atoms with E-state index in [-0.39, 0.29) is 10.6 Å². The summed E-state index contributed by atoms with van der Waals surface area (Å²) in [6.07, 6.45) is 4.44. The third-order valence-corrected chi connectivity index (χ3v) is 6.50. The lowest BCUT2D eigenvalue weighted by atomic mass is 10.0. The Bertz CT molecular complexity index is 1120. The molecule has 12 heteroatoms. The fourth-order valence-electron chi connectivity index (χ4n) is 3.90. The van der Waals surface area contributed by atoms with E-state index in [1.54, 1.807) is 0 Å². The average molecular weight is 428 g/mol. The lowest BCUT2D eigenvalue weighted by molar-refractivity contribution is 0.0552. The van der Waals surface area contributed by atoms with Gasteiger partial charge in [0.15, 0.2) is 15.7 Å². The van der Waals surface area contributed by atoms with Crippen LogP contribution >= 0.6 is 0 Å². The maximum atomic E-state index is 13.9. The van der Waals surface area contributed by atoms with Crippen molar-refractivity contribution < 1.29 is 22.2 Å². The van der Waals surface area contributed by atoms with Gasteiger partial charge in [-0.1, -0.05) is 6.92 Å². The van der Waals surface area contributed by atoms with Gasteiger partial charge in [0, 0.05) is 11.4 Å². The van der Waals surface area contributed by atoms with Crippen LogP contribution in [-0.2, 0) is 29.2 Å². The fourth-order valence-corrected chi connectivity index (χ4v) is 4.82. The van der Waals surface area contributed by atoms with Gasteiger partial charge in [-0.25, -0.2) is 23.2 Å². The van der Waals surface area contributed by atoms with Gasteiger partial charge in [0.25, 0.3) is 0 Å². The second-order valence-corrected chi connectivity index (χ2v) is 8.91. The molecule has 2 heterocycles. The van der Waals surface area contributed by atoms with Gasteiger partial charge in [-0.2, -0.15) is 13.9 Å². The molecule has 2 aliphatic carbocycles. The molecule has 0 saturated heterocycles. The molecule has 156 valence electrons. The Hall–Kier alpha value is -2.47. The minimum absolute atomic E-state index is 0.0331. The quantitative estimate of drug-likeness (QED) is 0.780. The summed E-state index contributed by atoms with van der Waals surface area (Å²) in [6.45, 7) is -1.09. The van der Waals surface area contributed by atoms with Crippen molar-refractivity contribution in [2.24, 2.45) is 9.50 Å². The van der Waals surface area contributed by atoms with E-state index >= 15 is 0 Å². The van der Waals surface area contributed by atoms with Gasteiger partial charge in [-0.15, -0.1) is 4.36 Å². The van der Waals surface area contributed by atoms with Gasteiger partial charge < -0.3 is 5.32 Å². The van der Waals surface area contributed by atoms with Crippen molar-refractivity contribution in [2.45, 2.75) is 56.5 Å². The van der Waals surface area contributed by atoms with E-state index in [1.165, 1.54) is 0 Å². The molecule has 29 heavy (non-hydrogen) atoms. The number of urea groups is 1. The summed E-state index contributed by atoms with van der Waals surface area (Å²) in [5.41, 5.74) is 4.27. The Labute approximate surface area is 165 Å². The lowest BCUT2D eigenvalue weighted by Crippen LogP contribution is -2.20. The zero-order valence-electron chi connectivity index (χ0n) is 15.5. The van der Waals surface area contributed by atoms with Gasteiger partial charge in [-0.05, 0) is 49.1 Å². The van der Waals surface area contributed by atoms with Crippen molar-refractivity contribution in [3.8, 4) is 0 Å². The van der Waals surface area contributed by atoms with Crippen LogP contribution in [0.4, 0.5) is 23.7 Å². The number of aryl methyl sites for hydroxylation is 1. The number of nitrogens with one attached hydrogen (secondary N) is 1. The molecule has 0 bridgehead atoms. The number of amides is 2. The van der Waals surface area contributed by atoms with Crippen LogP contribution in [0.1, 0.15) is 54.7 Å². The van der Waals surface area contributed by atoms with E-state index in [4.69, 9.17) is 10.1 Å². The molecule has 2 atom stereocenters. The summed E-state index contributed by atoms with van der Waals surface area (Å²) in [5.74, 6) is -1.07. The van der Waals surface area contributed by atoms with Crippen LogP contribution in [-0.4, -0.2) is 25.0 Å². The average Bonchev–Trinajstić information content (AvgIpc) is 3.33. The predicted molar refractivity (Wildman–Crippen MR) is 98.5 cm³/mol. The second kappa shape index (κ2) is 7.10. The summed E-state index contributed by atoms with van der Waals surface area (Å²) in [4.78, 5) is 17.2. The van der Waals surface area contributed by atoms with E-state index in [9.17, 15) is 22.2 Å². The van der Waals surface area contributed by atoms with Crippen molar-refractivity contribution in [3.05, 3.63) is 34.5 Å². The third-order valence-electron chi connectivity index (χ3n) is 5.23. The minimum atomic E-state index is -4.15. The molecule has 0 aromatic carbocycles. The van der Waals surface area contributed by atoms with Gasteiger partial charge in [0.1, 0.15) is 0 Å². The molecule has 2 aliphatic rings. The maximum Gasteiger partial charge on any atom is 0.354 e. The fraction of sp³-hybridized carbons (Fsp3) is 0.471. The standard InChI is InChI=1S/C17H19F3N6O2S/c1-8-5-6-10-13(8)22-12-4-2-3-9(12)14(10)23-17(27)25-29(21,28)15-11(18)7-26(24-15)16(19)20/h7-8,16H,2-6H2,1H3,(H3,21,22,23,25,27,28)/t8-,29?/m1/s1. The van der Waals surface area contributed by atoms with E-state index < -0.39 is 33.3 Å². The number of carbonyl (C=O) groups is 1. The van der Waals surface area contributed by atoms with Crippen molar-refractivity contribution in [1.29, 1.82) is 0 Å². The SMILES string of the molecule is C[C@@H]1CCc2c1nc1c(c2NC(=O)N=S(N)(=O)c2nn(C(F)F)cc2F)CCC1. The Morgan fingerprint density at radius 3 is 2.83 bits per heavy atom. The van der Waals surface area contributed by atoms with Gasteiger partial charge in [0.05, 0.1) is 11.9 Å². The number of hydrogen-bond donors (Lipinski definition) is 2. The van der Waals surface area contributed by atoms with Crippen molar-refractivity contribution in [1.82, 2.24) is 14.8 Å². The highest BCUT2D eigenvalue weighted by Crippen LogP contribution is 2.41. The third kappa shape index (κ3) is 3.50. The monoisotopic (exact) mass is 428 g/mol. The maximum absolute atomic E-state index is 13.9. The number of hydrogen-bond acceptors (Lipinski definition) is 4. The number of pyridine rings is 1. The number of fused-ring (bicyclic) bond motifs is 2. The zero-order chi connectivity index (χ0) is 20.9. The van der Waals surface area contributed by atoms with Crippen molar-refractivity contribution in [2.75, 3.05) is 5.32 Å². The topological polar surface area (TPSA) is 115 Å². The number of alkyl halides is 2. The molecule has 0 fully saturated rings. The zero-order valence-corrected chi connectivity index (χ0v) is 16.3. The molecular weight excluding hydrogens is 409 g/mol. The molecule has 2 aromatic rings. The Kier molecular flexibility index (Phi) is 4.85. The summed E-state index contributed by atoms with van der Waals surface area (Å²) in [5, 5.41) is 10.3. The summed E-state index contributed by atoms with van der Waals surface area (Å²) >= 11 is 0. The number of rotatable bonds is 3. The highest BCUT2D eigenvalue weighted by molar-refractivity contribution is 7.91. The van der Waals surface area contributed by atoms with Crippen LogP contribution in [0.5, 0.6) is 0 Å². The van der Waals surface area contributed by atoms with Crippen molar-refractivity contribution in [3.63, 3.8) is 0 Å². The Morgan fingerprint density at radius 1 is 1.38 bits per heavy atom. The number of nitrogens with two attached hydrogens (primary N) is 1. The lowest BCUT2D eigenvalue weighted by Gasteiger charge is -2.15. The first-order valence-electron chi connectivity index (χ1n) is 9.10. The van der Waals surface area contributed by atoms with Gasteiger partial charge in [-0.3, -0.25) is 4.98 Å². The highest BCUT2D eigenvalue weighted by Gasteiger charge is 2.30. The molecule has 4 rings (SSSR count). The van der Waals surface area contributed by atoms with E-state index in [0.29, 0.717) is 11.9 Å². The van der Waals surface area contributed by atoms with E-state index in [0.717, 1.165) is 54.6 Å². The molecule has 0 aliphatic heterocycles. The van der Waals surface area contributed by atoms with Gasteiger partial charge in [0.2, 0.25) is 5.03 Å².